The Kier molecular flexibility index (Phi) is 8.46. The number of anilines is 3. The normalized spacial score (nSPS) is 13.1. The largest absolute Gasteiger partial charge is 0.309 e. The molecule has 0 heterocycles. The zero-order chi connectivity index (χ0) is 39.6. The highest BCUT2D eigenvalue weighted by Gasteiger charge is 2.36. The molecule has 0 radical (unpaired) electrons. The lowest BCUT2D eigenvalue weighted by atomic mass is 9.80. The Morgan fingerprint density at radius 2 is 1.02 bits per heavy atom. The van der Waals surface area contributed by atoms with E-state index in [0.717, 1.165) is 11.4 Å². The molecule has 9 aromatic carbocycles. The molecular formula is C57H47N. The Labute approximate surface area is 342 Å². The Bertz CT molecular complexity index is 3000. The Balaban J connectivity index is 1.36. The van der Waals surface area contributed by atoms with Crippen LogP contribution >= 0.6 is 0 Å². The monoisotopic (exact) mass is 745 g/mol. The summed E-state index contributed by atoms with van der Waals surface area (Å²) in [7, 11) is 0. The molecule has 1 aliphatic carbocycles. The molecule has 1 aliphatic rings. The number of benzene rings is 9. The molecule has 10 rings (SSSR count). The van der Waals surface area contributed by atoms with E-state index in [-0.39, 0.29) is 10.8 Å². The topological polar surface area (TPSA) is 3.24 Å². The lowest BCUT2D eigenvalue weighted by molar-refractivity contribution is 0.596. The fraction of sp³-hybridized carbons (Fsp3) is 0.123. The summed E-state index contributed by atoms with van der Waals surface area (Å²) in [5.74, 6) is 0. The third kappa shape index (κ3) is 5.84. The maximum absolute atomic E-state index is 2.59. The van der Waals surface area contributed by atoms with Gasteiger partial charge in [0.05, 0.1) is 11.4 Å². The van der Waals surface area contributed by atoms with Gasteiger partial charge in [-0.3, -0.25) is 0 Å². The zero-order valence-electron chi connectivity index (χ0n) is 33.9. The lowest BCUT2D eigenvalue weighted by Crippen LogP contribution is -2.17. The van der Waals surface area contributed by atoms with Gasteiger partial charge in [0, 0.05) is 27.6 Å². The summed E-state index contributed by atoms with van der Waals surface area (Å²) in [6.45, 7) is 11.7. The quantitative estimate of drug-likeness (QED) is 0.164. The second-order valence-corrected chi connectivity index (χ2v) is 17.3. The molecule has 1 nitrogen and oxygen atoms in total. The Morgan fingerprint density at radius 1 is 0.414 bits per heavy atom. The van der Waals surface area contributed by atoms with Gasteiger partial charge < -0.3 is 4.90 Å². The molecule has 0 amide bonds. The summed E-state index contributed by atoms with van der Waals surface area (Å²) in [6.07, 6.45) is 0. The summed E-state index contributed by atoms with van der Waals surface area (Å²) >= 11 is 0. The van der Waals surface area contributed by atoms with Gasteiger partial charge in [-0.1, -0.05) is 198 Å². The molecule has 0 N–H and O–H groups in total. The first-order chi connectivity index (χ1) is 28.2. The minimum absolute atomic E-state index is 0.0820. The van der Waals surface area contributed by atoms with Crippen molar-refractivity contribution in [2.24, 2.45) is 0 Å². The van der Waals surface area contributed by atoms with E-state index in [1.165, 1.54) is 88.4 Å². The summed E-state index contributed by atoms with van der Waals surface area (Å²) < 4.78 is 0. The third-order valence-corrected chi connectivity index (χ3v) is 12.4. The predicted octanol–water partition coefficient (Wildman–Crippen LogP) is 16.1. The molecule has 280 valence electrons. The molecule has 0 aromatic heterocycles. The molecule has 1 heteroatoms. The molecule has 0 aliphatic heterocycles. The standard InChI is InChI=1S/C57H47N/c1-56(2,3)52-37-48(39-21-10-7-11-22-39)55(47-29-15-14-27-45(47)52)58(43-32-33-51-49(36-43)46-28-16-17-30-50(46)57(51,4)5)53-34-31-40-23-12-13-26-44(40)54(53)42-25-18-24-41(35-42)38-19-8-6-9-20-38/h6-37H,1-5H3. The van der Waals surface area contributed by atoms with Crippen molar-refractivity contribution in [3.8, 4) is 44.5 Å². The van der Waals surface area contributed by atoms with Crippen LogP contribution in [0.1, 0.15) is 51.3 Å². The van der Waals surface area contributed by atoms with Crippen molar-refractivity contribution in [1.82, 2.24) is 0 Å². The summed E-state index contributed by atoms with van der Waals surface area (Å²) in [5, 5.41) is 4.94. The van der Waals surface area contributed by atoms with E-state index >= 15 is 0 Å². The minimum Gasteiger partial charge on any atom is -0.309 e. The number of rotatable bonds is 6. The molecule has 0 saturated carbocycles. The number of hydrogen-bond donors (Lipinski definition) is 0. The van der Waals surface area contributed by atoms with Crippen molar-refractivity contribution >= 4 is 38.6 Å². The van der Waals surface area contributed by atoms with E-state index in [0.29, 0.717) is 0 Å². The van der Waals surface area contributed by atoms with Gasteiger partial charge in [-0.2, -0.15) is 0 Å². The molecule has 0 unspecified atom stereocenters. The van der Waals surface area contributed by atoms with Crippen LogP contribution in [-0.4, -0.2) is 0 Å². The molecule has 0 fully saturated rings. The fourth-order valence-electron chi connectivity index (χ4n) is 9.53. The number of nitrogens with zero attached hydrogens (tertiary/aromatic N) is 1. The van der Waals surface area contributed by atoms with E-state index in [4.69, 9.17) is 0 Å². The van der Waals surface area contributed by atoms with E-state index < -0.39 is 0 Å². The van der Waals surface area contributed by atoms with Crippen LogP contribution in [0, 0.1) is 0 Å². The third-order valence-electron chi connectivity index (χ3n) is 12.4. The van der Waals surface area contributed by atoms with E-state index in [9.17, 15) is 0 Å². The van der Waals surface area contributed by atoms with Crippen molar-refractivity contribution in [3.63, 3.8) is 0 Å². The fourth-order valence-corrected chi connectivity index (χ4v) is 9.53. The van der Waals surface area contributed by atoms with Crippen LogP contribution in [0.4, 0.5) is 17.1 Å². The summed E-state index contributed by atoms with van der Waals surface area (Å²) in [4.78, 5) is 2.59. The first-order valence-electron chi connectivity index (χ1n) is 20.5. The van der Waals surface area contributed by atoms with Crippen LogP contribution in [0.15, 0.2) is 194 Å². The van der Waals surface area contributed by atoms with E-state index in [1.807, 2.05) is 0 Å². The van der Waals surface area contributed by atoms with Crippen LogP contribution in [0.2, 0.25) is 0 Å². The van der Waals surface area contributed by atoms with Crippen molar-refractivity contribution in [3.05, 3.63) is 211 Å². The molecular weight excluding hydrogens is 699 g/mol. The zero-order valence-corrected chi connectivity index (χ0v) is 33.9. The molecule has 9 aromatic rings. The second kappa shape index (κ2) is 13.7. The molecule has 58 heavy (non-hydrogen) atoms. The van der Waals surface area contributed by atoms with E-state index in [1.54, 1.807) is 0 Å². The SMILES string of the molecule is CC(C)(C)c1cc(-c2ccccc2)c(N(c2ccc3c(c2)-c2ccccc2C3(C)C)c2ccc3ccccc3c2-c2cccc(-c3ccccc3)c2)c2ccccc12. The van der Waals surface area contributed by atoms with Gasteiger partial charge in [-0.15, -0.1) is 0 Å². The van der Waals surface area contributed by atoms with Crippen molar-refractivity contribution < 1.29 is 0 Å². The van der Waals surface area contributed by atoms with Crippen LogP contribution in [0.25, 0.3) is 66.1 Å². The highest BCUT2D eigenvalue weighted by molar-refractivity contribution is 6.12. The molecule has 0 saturated heterocycles. The molecule has 0 spiro atoms. The van der Waals surface area contributed by atoms with Crippen LogP contribution < -0.4 is 4.90 Å². The van der Waals surface area contributed by atoms with Gasteiger partial charge in [0.1, 0.15) is 0 Å². The van der Waals surface area contributed by atoms with E-state index in [2.05, 4.69) is 234 Å². The van der Waals surface area contributed by atoms with Crippen molar-refractivity contribution in [2.45, 2.75) is 45.4 Å². The molecule has 0 atom stereocenters. The minimum atomic E-state index is -0.0997. The number of fused-ring (bicyclic) bond motifs is 5. The van der Waals surface area contributed by atoms with Crippen LogP contribution in [-0.2, 0) is 10.8 Å². The van der Waals surface area contributed by atoms with Gasteiger partial charge in [0.25, 0.3) is 0 Å². The van der Waals surface area contributed by atoms with Gasteiger partial charge in [0.2, 0.25) is 0 Å². The summed E-state index contributed by atoms with van der Waals surface area (Å²) in [6, 6.07) is 72.1. The predicted molar refractivity (Wildman–Crippen MR) is 249 cm³/mol. The first-order valence-corrected chi connectivity index (χ1v) is 20.5. The maximum atomic E-state index is 2.59. The van der Waals surface area contributed by atoms with Crippen LogP contribution in [0.3, 0.4) is 0 Å². The Morgan fingerprint density at radius 3 is 1.78 bits per heavy atom. The highest BCUT2D eigenvalue weighted by Crippen LogP contribution is 2.54. The average molecular weight is 746 g/mol. The Hall–Kier alpha value is -6.70. The first kappa shape index (κ1) is 35.7. The average Bonchev–Trinajstić information content (AvgIpc) is 3.49. The van der Waals surface area contributed by atoms with Gasteiger partial charge in [0.15, 0.2) is 0 Å². The van der Waals surface area contributed by atoms with Gasteiger partial charge in [-0.05, 0) is 102 Å². The van der Waals surface area contributed by atoms with Crippen LogP contribution in [0.5, 0.6) is 0 Å². The summed E-state index contributed by atoms with van der Waals surface area (Å²) in [5.41, 5.74) is 17.2. The highest BCUT2D eigenvalue weighted by atomic mass is 15.1. The van der Waals surface area contributed by atoms with Gasteiger partial charge >= 0.3 is 0 Å². The number of hydrogen-bond acceptors (Lipinski definition) is 1. The molecule has 0 bridgehead atoms. The van der Waals surface area contributed by atoms with Crippen molar-refractivity contribution in [1.29, 1.82) is 0 Å². The van der Waals surface area contributed by atoms with Gasteiger partial charge in [-0.25, -0.2) is 0 Å². The maximum Gasteiger partial charge on any atom is 0.0618 e. The second-order valence-electron chi connectivity index (χ2n) is 17.3. The smallest absolute Gasteiger partial charge is 0.0618 e. The van der Waals surface area contributed by atoms with Crippen molar-refractivity contribution in [2.75, 3.05) is 4.90 Å². The lowest BCUT2D eigenvalue weighted by Gasteiger charge is -2.34.